The number of hydrogen-bond acceptors (Lipinski definition) is 3. The van der Waals surface area contributed by atoms with E-state index >= 15 is 0 Å². The molecule has 1 heterocycles. The van der Waals surface area contributed by atoms with E-state index in [0.29, 0.717) is 12.4 Å². The first-order valence-corrected chi connectivity index (χ1v) is 12.4. The number of fused-ring (bicyclic) bond motifs is 2. The number of rotatable bonds is 6. The zero-order valence-electron chi connectivity index (χ0n) is 20.7. The molecule has 0 bridgehead atoms. The Bertz CT molecular complexity index is 1870. The fraction of sp³-hybridized carbons (Fsp3) is 0.0303. The molecule has 0 saturated carbocycles. The van der Waals surface area contributed by atoms with Crippen LogP contribution in [0.4, 0.5) is 8.78 Å². The summed E-state index contributed by atoms with van der Waals surface area (Å²) in [4.78, 5) is 17.8. The molecule has 0 spiro atoms. The summed E-state index contributed by atoms with van der Waals surface area (Å²) in [5.74, 6) is -1.85. The number of para-hydroxylation sites is 2. The molecule has 0 unspecified atom stereocenters. The van der Waals surface area contributed by atoms with Crippen molar-refractivity contribution in [2.45, 2.75) is 6.54 Å². The number of benzene rings is 5. The Morgan fingerprint density at radius 1 is 0.744 bits per heavy atom. The molecule has 5 aromatic carbocycles. The van der Waals surface area contributed by atoms with Gasteiger partial charge in [-0.05, 0) is 52.7 Å². The molecule has 6 heteroatoms. The third-order valence-corrected chi connectivity index (χ3v) is 6.59. The average molecular weight is 517 g/mol. The van der Waals surface area contributed by atoms with Crippen molar-refractivity contribution in [3.63, 3.8) is 0 Å². The Morgan fingerprint density at radius 3 is 2.18 bits per heavy atom. The Labute approximate surface area is 223 Å². The van der Waals surface area contributed by atoms with E-state index in [2.05, 4.69) is 24.3 Å². The predicted molar refractivity (Wildman–Crippen MR) is 149 cm³/mol. The maximum atomic E-state index is 15.0. The Kier molecular flexibility index (Phi) is 6.43. The standard InChI is InChI=1S/C33H22F2N2O2/c34-27-16-5-3-14-25(27)31(39-33(38)26-15-4-6-17-28(26)35)20-32-36-29-18-7-8-19-30(29)37(32)21-23-12-9-11-22-10-1-2-13-24(22)23/h1-20H,21H2/b31-20+. The lowest BCUT2D eigenvalue weighted by molar-refractivity contribution is 0.0688. The molecule has 0 aliphatic carbocycles. The molecule has 6 aromatic rings. The molecular weight excluding hydrogens is 494 g/mol. The lowest BCUT2D eigenvalue weighted by atomic mass is 10.0. The topological polar surface area (TPSA) is 44.1 Å². The van der Waals surface area contributed by atoms with E-state index in [1.54, 1.807) is 12.1 Å². The van der Waals surface area contributed by atoms with Crippen LogP contribution in [0.25, 0.3) is 33.6 Å². The van der Waals surface area contributed by atoms with Gasteiger partial charge in [0, 0.05) is 6.08 Å². The monoisotopic (exact) mass is 516 g/mol. The van der Waals surface area contributed by atoms with Gasteiger partial charge in [0.2, 0.25) is 0 Å². The van der Waals surface area contributed by atoms with Crippen LogP contribution in [-0.4, -0.2) is 15.5 Å². The lowest BCUT2D eigenvalue weighted by Crippen LogP contribution is -2.09. The van der Waals surface area contributed by atoms with Gasteiger partial charge in [-0.15, -0.1) is 0 Å². The molecule has 0 amide bonds. The second-order valence-electron chi connectivity index (χ2n) is 9.04. The third-order valence-electron chi connectivity index (χ3n) is 6.59. The number of carbonyl (C=O) groups is 1. The first kappa shape index (κ1) is 24.2. The highest BCUT2D eigenvalue weighted by Gasteiger charge is 2.20. The molecule has 39 heavy (non-hydrogen) atoms. The van der Waals surface area contributed by atoms with Crippen LogP contribution in [0.2, 0.25) is 0 Å². The number of hydrogen-bond donors (Lipinski definition) is 0. The van der Waals surface area contributed by atoms with E-state index in [4.69, 9.17) is 9.72 Å². The number of imidazole rings is 1. The second kappa shape index (κ2) is 10.3. The zero-order chi connectivity index (χ0) is 26.8. The summed E-state index contributed by atoms with van der Waals surface area (Å²) in [6.45, 7) is 0.472. The molecule has 6 rings (SSSR count). The van der Waals surface area contributed by atoms with Crippen molar-refractivity contribution < 1.29 is 18.3 Å². The second-order valence-corrected chi connectivity index (χ2v) is 9.04. The highest BCUT2D eigenvalue weighted by Crippen LogP contribution is 2.28. The van der Waals surface area contributed by atoms with Crippen LogP contribution in [-0.2, 0) is 11.3 Å². The minimum atomic E-state index is -0.931. The largest absolute Gasteiger partial charge is 0.422 e. The van der Waals surface area contributed by atoms with Gasteiger partial charge in [-0.1, -0.05) is 78.9 Å². The van der Waals surface area contributed by atoms with Gasteiger partial charge in [-0.3, -0.25) is 0 Å². The third kappa shape index (κ3) is 4.80. The summed E-state index contributed by atoms with van der Waals surface area (Å²) in [5.41, 5.74) is 2.49. The minimum Gasteiger partial charge on any atom is -0.422 e. The quantitative estimate of drug-likeness (QED) is 0.167. The number of ether oxygens (including phenoxy) is 1. The van der Waals surface area contributed by atoms with Crippen molar-refractivity contribution in [1.82, 2.24) is 9.55 Å². The number of aromatic nitrogens is 2. The van der Waals surface area contributed by atoms with Crippen molar-refractivity contribution in [3.05, 3.63) is 149 Å². The van der Waals surface area contributed by atoms with Gasteiger partial charge in [-0.25, -0.2) is 18.6 Å². The van der Waals surface area contributed by atoms with Crippen molar-refractivity contribution in [3.8, 4) is 0 Å². The Hall–Kier alpha value is -5.10. The molecule has 0 aliphatic heterocycles. The van der Waals surface area contributed by atoms with Crippen molar-refractivity contribution in [2.24, 2.45) is 0 Å². The normalized spacial score (nSPS) is 11.7. The minimum absolute atomic E-state index is 0.0611. The van der Waals surface area contributed by atoms with E-state index < -0.39 is 17.6 Å². The molecule has 0 atom stereocenters. The summed E-state index contributed by atoms with van der Waals surface area (Å²) in [6.07, 6.45) is 1.53. The number of esters is 1. The molecule has 0 radical (unpaired) electrons. The average Bonchev–Trinajstić information content (AvgIpc) is 3.30. The van der Waals surface area contributed by atoms with Crippen LogP contribution in [0.15, 0.2) is 115 Å². The van der Waals surface area contributed by atoms with Gasteiger partial charge in [0.05, 0.1) is 28.7 Å². The van der Waals surface area contributed by atoms with E-state index in [1.165, 1.54) is 42.5 Å². The van der Waals surface area contributed by atoms with Crippen molar-refractivity contribution in [1.29, 1.82) is 0 Å². The summed E-state index contributed by atoms with van der Waals surface area (Å²) < 4.78 is 37.0. The SMILES string of the molecule is O=C(O/C(=C/c1nc2ccccc2n1Cc1cccc2ccccc12)c1ccccc1F)c1ccccc1F. The van der Waals surface area contributed by atoms with Crippen LogP contribution in [0.5, 0.6) is 0 Å². The predicted octanol–water partition coefficient (Wildman–Crippen LogP) is 7.87. The highest BCUT2D eigenvalue weighted by atomic mass is 19.1. The molecule has 0 aliphatic rings. The molecule has 0 N–H and O–H groups in total. The lowest BCUT2D eigenvalue weighted by Gasteiger charge is -2.13. The fourth-order valence-electron chi connectivity index (χ4n) is 4.69. The number of nitrogens with zero attached hydrogens (tertiary/aromatic N) is 2. The van der Waals surface area contributed by atoms with E-state index in [0.717, 1.165) is 27.4 Å². The van der Waals surface area contributed by atoms with Gasteiger partial charge < -0.3 is 9.30 Å². The Morgan fingerprint density at radius 2 is 1.38 bits per heavy atom. The van der Waals surface area contributed by atoms with E-state index in [1.807, 2.05) is 47.0 Å². The molecule has 0 saturated heterocycles. The van der Waals surface area contributed by atoms with Crippen molar-refractivity contribution in [2.75, 3.05) is 0 Å². The van der Waals surface area contributed by atoms with Crippen LogP contribution < -0.4 is 0 Å². The van der Waals surface area contributed by atoms with Crippen LogP contribution in [0, 0.1) is 11.6 Å². The van der Waals surface area contributed by atoms with Gasteiger partial charge in [0.25, 0.3) is 0 Å². The number of carbonyl (C=O) groups excluding carboxylic acids is 1. The maximum Gasteiger partial charge on any atom is 0.346 e. The summed E-state index contributed by atoms with van der Waals surface area (Å²) in [6, 6.07) is 33.4. The summed E-state index contributed by atoms with van der Waals surface area (Å²) >= 11 is 0. The molecule has 190 valence electrons. The van der Waals surface area contributed by atoms with Crippen LogP contribution in [0.3, 0.4) is 0 Å². The smallest absolute Gasteiger partial charge is 0.346 e. The highest BCUT2D eigenvalue weighted by molar-refractivity contribution is 5.95. The molecule has 1 aromatic heterocycles. The van der Waals surface area contributed by atoms with Gasteiger partial charge in [-0.2, -0.15) is 0 Å². The fourth-order valence-corrected chi connectivity index (χ4v) is 4.69. The Balaban J connectivity index is 1.50. The van der Waals surface area contributed by atoms with Crippen molar-refractivity contribution >= 4 is 39.6 Å². The van der Waals surface area contributed by atoms with E-state index in [-0.39, 0.29) is 16.9 Å². The van der Waals surface area contributed by atoms with Crippen LogP contribution >= 0.6 is 0 Å². The van der Waals surface area contributed by atoms with Crippen LogP contribution in [0.1, 0.15) is 27.3 Å². The van der Waals surface area contributed by atoms with Gasteiger partial charge >= 0.3 is 5.97 Å². The molecule has 0 fully saturated rings. The van der Waals surface area contributed by atoms with Gasteiger partial charge in [0.15, 0.2) is 0 Å². The molecule has 4 nitrogen and oxygen atoms in total. The summed E-state index contributed by atoms with van der Waals surface area (Å²) in [5, 5.41) is 2.22. The van der Waals surface area contributed by atoms with Gasteiger partial charge in [0.1, 0.15) is 23.2 Å². The molecular formula is C33H22F2N2O2. The first-order valence-electron chi connectivity index (χ1n) is 12.4. The number of halogens is 2. The summed E-state index contributed by atoms with van der Waals surface area (Å²) in [7, 11) is 0. The first-order chi connectivity index (χ1) is 19.1. The van der Waals surface area contributed by atoms with E-state index in [9.17, 15) is 13.6 Å². The zero-order valence-corrected chi connectivity index (χ0v) is 20.7. The maximum absolute atomic E-state index is 15.0.